The van der Waals surface area contributed by atoms with Crippen molar-refractivity contribution in [2.45, 2.75) is 18.9 Å². The van der Waals surface area contributed by atoms with Gasteiger partial charge in [0.25, 0.3) is 0 Å². The van der Waals surface area contributed by atoms with Gasteiger partial charge in [0.1, 0.15) is 11.5 Å². The molecule has 20 heavy (non-hydrogen) atoms. The van der Waals surface area contributed by atoms with E-state index in [1.165, 1.54) is 0 Å². The third-order valence-corrected chi connectivity index (χ3v) is 5.59. The lowest BCUT2D eigenvalue weighted by molar-refractivity contribution is 0.388. The van der Waals surface area contributed by atoms with Crippen LogP contribution in [0.4, 0.5) is 0 Å². The van der Waals surface area contributed by atoms with E-state index in [4.69, 9.17) is 15.2 Å². The first-order valence-electron chi connectivity index (χ1n) is 6.63. The summed E-state index contributed by atoms with van der Waals surface area (Å²) in [4.78, 5) is 0. The number of methoxy groups -OCH3 is 2. The Hall–Kier alpha value is -1.27. The first-order valence-corrected chi connectivity index (χ1v) is 8.45. The van der Waals surface area contributed by atoms with Gasteiger partial charge in [-0.15, -0.1) is 0 Å². The van der Waals surface area contributed by atoms with Crippen LogP contribution in [0.15, 0.2) is 18.2 Å². The van der Waals surface area contributed by atoms with Crippen molar-refractivity contribution in [1.29, 1.82) is 0 Å². The maximum absolute atomic E-state index is 11.5. The van der Waals surface area contributed by atoms with E-state index in [2.05, 4.69) is 0 Å². The molecule has 1 saturated heterocycles. The van der Waals surface area contributed by atoms with Crippen molar-refractivity contribution >= 4 is 9.84 Å². The molecule has 2 N–H and O–H groups in total. The van der Waals surface area contributed by atoms with Crippen molar-refractivity contribution in [2.24, 2.45) is 11.7 Å². The van der Waals surface area contributed by atoms with E-state index in [9.17, 15) is 8.42 Å². The molecule has 1 heterocycles. The van der Waals surface area contributed by atoms with Crippen molar-refractivity contribution in [3.05, 3.63) is 23.8 Å². The molecule has 1 aromatic rings. The number of sulfone groups is 1. The second-order valence-corrected chi connectivity index (χ2v) is 7.45. The average Bonchev–Trinajstić information content (AvgIpc) is 2.77. The second kappa shape index (κ2) is 6.01. The predicted molar refractivity (Wildman–Crippen MR) is 77.9 cm³/mol. The van der Waals surface area contributed by atoms with Crippen molar-refractivity contribution in [3.63, 3.8) is 0 Å². The molecule has 0 bridgehead atoms. The Morgan fingerprint density at radius 3 is 2.65 bits per heavy atom. The molecule has 1 aliphatic heterocycles. The highest BCUT2D eigenvalue weighted by Gasteiger charge is 2.30. The van der Waals surface area contributed by atoms with Crippen LogP contribution in [0.5, 0.6) is 11.5 Å². The molecule has 6 heteroatoms. The molecule has 2 unspecified atom stereocenters. The summed E-state index contributed by atoms with van der Waals surface area (Å²) in [6.45, 7) is 0. The number of benzene rings is 1. The van der Waals surface area contributed by atoms with Gasteiger partial charge in [-0.2, -0.15) is 0 Å². The van der Waals surface area contributed by atoms with Gasteiger partial charge in [-0.25, -0.2) is 8.42 Å². The summed E-state index contributed by atoms with van der Waals surface area (Å²) in [5.41, 5.74) is 7.09. The van der Waals surface area contributed by atoms with Gasteiger partial charge in [0, 0.05) is 11.6 Å². The van der Waals surface area contributed by atoms with E-state index in [0.29, 0.717) is 18.6 Å². The summed E-state index contributed by atoms with van der Waals surface area (Å²) < 4.78 is 33.5. The topological polar surface area (TPSA) is 78.6 Å². The smallest absolute Gasteiger partial charge is 0.150 e. The molecule has 2 atom stereocenters. The van der Waals surface area contributed by atoms with Crippen LogP contribution < -0.4 is 15.2 Å². The Morgan fingerprint density at radius 1 is 1.35 bits per heavy atom. The van der Waals surface area contributed by atoms with Crippen LogP contribution in [-0.2, 0) is 9.84 Å². The molecule has 0 aliphatic carbocycles. The van der Waals surface area contributed by atoms with Crippen molar-refractivity contribution in [3.8, 4) is 11.5 Å². The van der Waals surface area contributed by atoms with Crippen molar-refractivity contribution in [1.82, 2.24) is 0 Å². The molecule has 1 aromatic carbocycles. The fourth-order valence-corrected chi connectivity index (χ4v) is 4.55. The summed E-state index contributed by atoms with van der Waals surface area (Å²) >= 11 is 0. The highest BCUT2D eigenvalue weighted by molar-refractivity contribution is 7.91. The summed E-state index contributed by atoms with van der Waals surface area (Å²) in [5, 5.41) is 0. The summed E-state index contributed by atoms with van der Waals surface area (Å²) in [6, 6.07) is 5.24. The highest BCUT2D eigenvalue weighted by Crippen LogP contribution is 2.33. The lowest BCUT2D eigenvalue weighted by Gasteiger charge is -2.19. The zero-order valence-corrected chi connectivity index (χ0v) is 12.7. The van der Waals surface area contributed by atoms with Gasteiger partial charge in [0.15, 0.2) is 9.84 Å². The van der Waals surface area contributed by atoms with Gasteiger partial charge in [0.05, 0.1) is 25.7 Å². The number of ether oxygens (including phenoxy) is 2. The van der Waals surface area contributed by atoms with E-state index >= 15 is 0 Å². The van der Waals surface area contributed by atoms with Gasteiger partial charge >= 0.3 is 0 Å². The summed E-state index contributed by atoms with van der Waals surface area (Å²) in [6.07, 6.45) is 1.34. The average molecular weight is 299 g/mol. The van der Waals surface area contributed by atoms with Crippen molar-refractivity contribution < 1.29 is 17.9 Å². The largest absolute Gasteiger partial charge is 0.497 e. The molecule has 0 spiro atoms. The predicted octanol–water partition coefficient (Wildman–Crippen LogP) is 1.53. The summed E-state index contributed by atoms with van der Waals surface area (Å²) in [7, 11) is 0.330. The van der Waals surface area contributed by atoms with Crippen LogP contribution in [0.1, 0.15) is 24.4 Å². The maximum Gasteiger partial charge on any atom is 0.150 e. The third-order valence-electron chi connectivity index (χ3n) is 3.75. The zero-order valence-electron chi connectivity index (χ0n) is 11.8. The number of hydrogen-bond acceptors (Lipinski definition) is 5. The van der Waals surface area contributed by atoms with Gasteiger partial charge in [-0.3, -0.25) is 0 Å². The maximum atomic E-state index is 11.5. The van der Waals surface area contributed by atoms with E-state index in [0.717, 1.165) is 11.3 Å². The monoisotopic (exact) mass is 299 g/mol. The fourth-order valence-electron chi connectivity index (χ4n) is 2.67. The van der Waals surface area contributed by atoms with E-state index < -0.39 is 9.84 Å². The van der Waals surface area contributed by atoms with E-state index in [-0.39, 0.29) is 23.5 Å². The van der Waals surface area contributed by atoms with Gasteiger partial charge < -0.3 is 15.2 Å². The first kappa shape index (κ1) is 15.1. The lowest BCUT2D eigenvalue weighted by atomic mass is 9.94. The molecule has 5 nitrogen and oxygen atoms in total. The minimum atomic E-state index is -2.86. The van der Waals surface area contributed by atoms with Gasteiger partial charge in [-0.05, 0) is 37.0 Å². The normalized spacial score (nSPS) is 22.4. The molecule has 112 valence electrons. The van der Waals surface area contributed by atoms with Crippen LogP contribution in [0.3, 0.4) is 0 Å². The van der Waals surface area contributed by atoms with E-state index in [1.807, 2.05) is 18.2 Å². The third kappa shape index (κ3) is 3.43. The summed E-state index contributed by atoms with van der Waals surface area (Å²) in [5.74, 6) is 2.08. The van der Waals surface area contributed by atoms with Crippen LogP contribution in [0.2, 0.25) is 0 Å². The SMILES string of the molecule is COc1ccc(OC)c(C(N)CC2CCS(=O)(=O)C2)c1. The molecule has 1 fully saturated rings. The minimum Gasteiger partial charge on any atom is -0.497 e. The lowest BCUT2D eigenvalue weighted by Crippen LogP contribution is -2.17. The second-order valence-electron chi connectivity index (χ2n) is 5.22. The molecular weight excluding hydrogens is 278 g/mol. The van der Waals surface area contributed by atoms with Gasteiger partial charge in [-0.1, -0.05) is 0 Å². The quantitative estimate of drug-likeness (QED) is 0.892. The number of nitrogens with two attached hydrogens (primary N) is 1. The van der Waals surface area contributed by atoms with Crippen LogP contribution >= 0.6 is 0 Å². The molecule has 1 aliphatic rings. The van der Waals surface area contributed by atoms with Crippen LogP contribution in [0.25, 0.3) is 0 Å². The van der Waals surface area contributed by atoms with Crippen LogP contribution in [0, 0.1) is 5.92 Å². The Bertz CT molecular complexity index is 571. The number of hydrogen-bond donors (Lipinski definition) is 1. The van der Waals surface area contributed by atoms with Gasteiger partial charge in [0.2, 0.25) is 0 Å². The van der Waals surface area contributed by atoms with Crippen molar-refractivity contribution in [2.75, 3.05) is 25.7 Å². The molecule has 0 amide bonds. The Kier molecular flexibility index (Phi) is 4.55. The van der Waals surface area contributed by atoms with Crippen LogP contribution in [-0.4, -0.2) is 34.1 Å². The van der Waals surface area contributed by atoms with E-state index in [1.54, 1.807) is 14.2 Å². The molecule has 0 saturated carbocycles. The Balaban J connectivity index is 2.14. The number of rotatable bonds is 5. The zero-order chi connectivity index (χ0) is 14.8. The molecular formula is C14H21NO4S. The standard InChI is InChI=1S/C14H21NO4S/c1-18-11-3-4-14(19-2)12(8-11)13(15)7-10-5-6-20(16,17)9-10/h3-4,8,10,13H,5-7,9,15H2,1-2H3. The molecule has 0 aromatic heterocycles. The first-order chi connectivity index (χ1) is 9.45. The molecule has 0 radical (unpaired) electrons. The Labute approximate surface area is 120 Å². The fraction of sp³-hybridized carbons (Fsp3) is 0.571. The minimum absolute atomic E-state index is 0.130. The highest BCUT2D eigenvalue weighted by atomic mass is 32.2. The Morgan fingerprint density at radius 2 is 2.10 bits per heavy atom. The molecule has 2 rings (SSSR count).